The van der Waals surface area contributed by atoms with Gasteiger partial charge in [-0.2, -0.15) is 0 Å². The van der Waals surface area contributed by atoms with Crippen molar-refractivity contribution >= 4 is 0 Å². The minimum Gasteiger partial charge on any atom is -0.348 e. The summed E-state index contributed by atoms with van der Waals surface area (Å²) in [5, 5.41) is 0. The molecule has 0 aliphatic carbocycles. The first kappa shape index (κ1) is 19.6. The second-order valence-electron chi connectivity index (χ2n) is 7.17. The molecule has 0 bridgehead atoms. The largest absolute Gasteiger partial charge is 0.348 e. The standard InChI is InChI=1S/C23H18F4O2/c1-13-11-28-23(29-12-13)16-3-6-18(21(26)10-16)14-2-5-17(20(25)8-14)15-4-7-19(24)22(27)9-15/h2-10,13,23H,11-12H2,1H3. The fourth-order valence-electron chi connectivity index (χ4n) is 3.28. The van der Waals surface area contributed by atoms with Crippen LogP contribution in [0, 0.1) is 29.2 Å². The van der Waals surface area contributed by atoms with Crippen molar-refractivity contribution in [3.05, 3.63) is 83.4 Å². The van der Waals surface area contributed by atoms with E-state index >= 15 is 0 Å². The second-order valence-corrected chi connectivity index (χ2v) is 7.17. The van der Waals surface area contributed by atoms with Gasteiger partial charge >= 0.3 is 0 Å². The van der Waals surface area contributed by atoms with Gasteiger partial charge in [0.05, 0.1) is 13.2 Å². The van der Waals surface area contributed by atoms with Crippen LogP contribution in [0.3, 0.4) is 0 Å². The molecule has 1 heterocycles. The smallest absolute Gasteiger partial charge is 0.183 e. The Balaban J connectivity index is 1.61. The maximum absolute atomic E-state index is 14.7. The average Bonchev–Trinajstić information content (AvgIpc) is 2.70. The van der Waals surface area contributed by atoms with Crippen LogP contribution in [-0.2, 0) is 9.47 Å². The van der Waals surface area contributed by atoms with Gasteiger partial charge in [0.25, 0.3) is 0 Å². The van der Waals surface area contributed by atoms with Crippen LogP contribution in [-0.4, -0.2) is 13.2 Å². The molecule has 0 saturated carbocycles. The number of hydrogen-bond donors (Lipinski definition) is 0. The molecule has 1 fully saturated rings. The zero-order valence-corrected chi connectivity index (χ0v) is 15.6. The van der Waals surface area contributed by atoms with Gasteiger partial charge in [0.2, 0.25) is 0 Å². The van der Waals surface area contributed by atoms with Crippen molar-refractivity contribution in [1.29, 1.82) is 0 Å². The Morgan fingerprint density at radius 1 is 0.655 bits per heavy atom. The number of rotatable bonds is 3. The first-order valence-electron chi connectivity index (χ1n) is 9.20. The van der Waals surface area contributed by atoms with E-state index in [1.54, 1.807) is 12.1 Å². The monoisotopic (exact) mass is 402 g/mol. The first-order valence-corrected chi connectivity index (χ1v) is 9.20. The molecule has 0 amide bonds. The number of hydrogen-bond acceptors (Lipinski definition) is 2. The predicted molar refractivity (Wildman–Crippen MR) is 101 cm³/mol. The molecule has 0 aromatic heterocycles. The Bertz CT molecular complexity index is 1040. The lowest BCUT2D eigenvalue weighted by Gasteiger charge is -2.27. The quantitative estimate of drug-likeness (QED) is 0.482. The normalized spacial score (nSPS) is 19.3. The summed E-state index contributed by atoms with van der Waals surface area (Å²) in [6.07, 6.45) is -0.623. The Hall–Kier alpha value is -2.70. The molecule has 0 radical (unpaired) electrons. The van der Waals surface area contributed by atoms with E-state index in [9.17, 15) is 17.6 Å². The molecule has 150 valence electrons. The highest BCUT2D eigenvalue weighted by molar-refractivity contribution is 5.71. The van der Waals surface area contributed by atoms with Crippen molar-refractivity contribution < 1.29 is 27.0 Å². The average molecular weight is 402 g/mol. The van der Waals surface area contributed by atoms with Crippen LogP contribution in [0.4, 0.5) is 17.6 Å². The number of benzene rings is 3. The predicted octanol–water partition coefficient (Wildman–Crippen LogP) is 6.26. The van der Waals surface area contributed by atoms with E-state index in [1.807, 2.05) is 6.92 Å². The highest BCUT2D eigenvalue weighted by Gasteiger charge is 2.22. The van der Waals surface area contributed by atoms with Gasteiger partial charge in [0.1, 0.15) is 11.6 Å². The molecule has 3 aromatic rings. The fraction of sp³-hybridized carbons (Fsp3) is 0.217. The Morgan fingerprint density at radius 2 is 1.21 bits per heavy atom. The molecule has 0 atom stereocenters. The summed E-state index contributed by atoms with van der Waals surface area (Å²) in [7, 11) is 0. The summed E-state index contributed by atoms with van der Waals surface area (Å²) in [6, 6.07) is 11.8. The van der Waals surface area contributed by atoms with Crippen LogP contribution in [0.5, 0.6) is 0 Å². The molecule has 1 aliphatic heterocycles. The molecule has 1 saturated heterocycles. The molecule has 4 rings (SSSR count). The maximum Gasteiger partial charge on any atom is 0.183 e. The minimum atomic E-state index is -1.06. The molecular formula is C23H18F4O2. The van der Waals surface area contributed by atoms with Crippen molar-refractivity contribution in [2.75, 3.05) is 13.2 Å². The summed E-state index contributed by atoms with van der Waals surface area (Å²) in [5.41, 5.74) is 1.40. The van der Waals surface area contributed by atoms with Crippen molar-refractivity contribution in [3.8, 4) is 22.3 Å². The van der Waals surface area contributed by atoms with E-state index in [4.69, 9.17) is 9.47 Å². The highest BCUT2D eigenvalue weighted by atomic mass is 19.2. The van der Waals surface area contributed by atoms with Gasteiger partial charge in [-0.3, -0.25) is 0 Å². The van der Waals surface area contributed by atoms with E-state index in [2.05, 4.69) is 0 Å². The molecule has 0 spiro atoms. The third-order valence-corrected chi connectivity index (χ3v) is 4.84. The van der Waals surface area contributed by atoms with Crippen molar-refractivity contribution in [1.82, 2.24) is 0 Å². The summed E-state index contributed by atoms with van der Waals surface area (Å²) < 4.78 is 67.0. The maximum atomic E-state index is 14.7. The lowest BCUT2D eigenvalue weighted by atomic mass is 9.98. The van der Waals surface area contributed by atoms with Crippen LogP contribution < -0.4 is 0 Å². The first-order chi connectivity index (χ1) is 13.9. The van der Waals surface area contributed by atoms with Gasteiger partial charge in [-0.05, 0) is 35.4 Å². The minimum absolute atomic E-state index is 0.0998. The summed E-state index contributed by atoms with van der Waals surface area (Å²) in [5.74, 6) is -2.98. The lowest BCUT2D eigenvalue weighted by molar-refractivity contribution is -0.202. The van der Waals surface area contributed by atoms with Gasteiger partial charge in [0.15, 0.2) is 17.9 Å². The lowest BCUT2D eigenvalue weighted by Crippen LogP contribution is -2.25. The van der Waals surface area contributed by atoms with E-state index < -0.39 is 29.6 Å². The van der Waals surface area contributed by atoms with Gasteiger partial charge in [-0.15, -0.1) is 0 Å². The van der Waals surface area contributed by atoms with Gasteiger partial charge in [0, 0.05) is 22.6 Å². The molecule has 0 unspecified atom stereocenters. The van der Waals surface area contributed by atoms with Crippen molar-refractivity contribution in [3.63, 3.8) is 0 Å². The van der Waals surface area contributed by atoms with Crippen LogP contribution in [0.1, 0.15) is 18.8 Å². The molecule has 6 heteroatoms. The van der Waals surface area contributed by atoms with Gasteiger partial charge in [-0.1, -0.05) is 37.3 Å². The fourth-order valence-corrected chi connectivity index (χ4v) is 3.28. The molecule has 3 aromatic carbocycles. The van der Waals surface area contributed by atoms with E-state index in [-0.39, 0.29) is 22.6 Å². The van der Waals surface area contributed by atoms with Crippen LogP contribution in [0.2, 0.25) is 0 Å². The Labute approximate surface area is 165 Å². The molecule has 1 aliphatic rings. The number of halogens is 4. The van der Waals surface area contributed by atoms with E-state index in [0.717, 1.165) is 12.1 Å². The van der Waals surface area contributed by atoms with Gasteiger partial charge in [-0.25, -0.2) is 17.6 Å². The molecule has 0 N–H and O–H groups in total. The van der Waals surface area contributed by atoms with Crippen molar-refractivity contribution in [2.24, 2.45) is 5.92 Å². The third-order valence-electron chi connectivity index (χ3n) is 4.84. The van der Waals surface area contributed by atoms with Crippen molar-refractivity contribution in [2.45, 2.75) is 13.2 Å². The van der Waals surface area contributed by atoms with E-state index in [0.29, 0.717) is 24.3 Å². The van der Waals surface area contributed by atoms with Gasteiger partial charge < -0.3 is 9.47 Å². The Morgan fingerprint density at radius 3 is 1.79 bits per heavy atom. The molecule has 2 nitrogen and oxygen atoms in total. The van der Waals surface area contributed by atoms with Crippen LogP contribution in [0.15, 0.2) is 54.6 Å². The number of ether oxygens (including phenoxy) is 2. The zero-order valence-electron chi connectivity index (χ0n) is 15.6. The second kappa shape index (κ2) is 7.97. The molecule has 29 heavy (non-hydrogen) atoms. The summed E-state index contributed by atoms with van der Waals surface area (Å²) in [4.78, 5) is 0. The summed E-state index contributed by atoms with van der Waals surface area (Å²) >= 11 is 0. The highest BCUT2D eigenvalue weighted by Crippen LogP contribution is 2.32. The SMILES string of the molecule is CC1COC(c2ccc(-c3ccc(-c4ccc(F)c(F)c4)c(F)c3)c(F)c2)OC1. The van der Waals surface area contributed by atoms with Crippen LogP contribution >= 0.6 is 0 Å². The molecular weight excluding hydrogens is 384 g/mol. The van der Waals surface area contributed by atoms with E-state index in [1.165, 1.54) is 30.3 Å². The zero-order chi connectivity index (χ0) is 20.5. The third kappa shape index (κ3) is 4.04. The topological polar surface area (TPSA) is 18.5 Å². The van der Waals surface area contributed by atoms with Crippen LogP contribution in [0.25, 0.3) is 22.3 Å². The summed E-state index contributed by atoms with van der Waals surface area (Å²) in [6.45, 7) is 3.06. The Kier molecular flexibility index (Phi) is 5.39.